The quantitative estimate of drug-likeness (QED) is 0.467. The Labute approximate surface area is 178 Å². The fourth-order valence-corrected chi connectivity index (χ4v) is 6.50. The normalized spacial score (nSPS) is 35.2. The maximum atomic E-state index is 11.8. The molecule has 2 saturated carbocycles. The largest absolute Gasteiger partial charge is 0.445 e. The van der Waals surface area contributed by atoms with Crippen LogP contribution in [0.4, 0.5) is 0 Å². The number of hydrogen-bond donors (Lipinski definition) is 1. The summed E-state index contributed by atoms with van der Waals surface area (Å²) >= 11 is 0. The molecule has 1 aromatic carbocycles. The fraction of sp³-hybridized carbons (Fsp3) is 0.600. The molecule has 5 nitrogen and oxygen atoms in total. The molecule has 0 radical (unpaired) electrons. The Kier molecular flexibility index (Phi) is 5.18. The van der Waals surface area contributed by atoms with E-state index in [-0.39, 0.29) is 11.4 Å². The third-order valence-electron chi connectivity index (χ3n) is 7.93. The Balaban J connectivity index is 1.60. The van der Waals surface area contributed by atoms with E-state index in [0.717, 1.165) is 38.5 Å². The summed E-state index contributed by atoms with van der Waals surface area (Å²) < 4.78 is 11.1. The van der Waals surface area contributed by atoms with Crippen LogP contribution in [0.5, 0.6) is 5.75 Å². The Bertz CT molecular complexity index is 913. The number of hydrogen-bond acceptors (Lipinski definition) is 5. The molecule has 5 heteroatoms. The minimum absolute atomic E-state index is 0.196. The van der Waals surface area contributed by atoms with Crippen LogP contribution >= 0.6 is 0 Å². The van der Waals surface area contributed by atoms with E-state index in [1.807, 2.05) is 12.1 Å². The molecule has 1 N–H and O–H groups in total. The van der Waals surface area contributed by atoms with Gasteiger partial charge in [-0.25, -0.2) is 4.79 Å². The molecule has 2 fully saturated rings. The summed E-state index contributed by atoms with van der Waals surface area (Å²) in [5.41, 5.74) is 1.56. The summed E-state index contributed by atoms with van der Waals surface area (Å²) in [4.78, 5) is 23.5. The first kappa shape index (κ1) is 20.9. The lowest BCUT2D eigenvalue weighted by Crippen LogP contribution is -2.52. The molecule has 3 aliphatic carbocycles. The standard InChI is InChI=1S/C25H30O5/c1-5-25(30-16(3)27)13-11-22-21-8-6-17-14-18(29-23(28)15(2)26)7-9-19(17)20(21)10-12-24(22,25)4/h1,7,9,14-15,20-22,26H,6,8,10-13H2,2-4H3/t15?,20-,21-,22+,24+,25+/m1/s1. The Morgan fingerprint density at radius 3 is 2.70 bits per heavy atom. The molecule has 3 aliphatic rings. The number of aliphatic hydroxyl groups is 1. The van der Waals surface area contributed by atoms with Gasteiger partial charge in [-0.15, -0.1) is 6.42 Å². The van der Waals surface area contributed by atoms with Gasteiger partial charge < -0.3 is 14.6 Å². The zero-order valence-corrected chi connectivity index (χ0v) is 17.9. The highest BCUT2D eigenvalue weighted by Gasteiger charge is 2.63. The topological polar surface area (TPSA) is 72.8 Å². The van der Waals surface area contributed by atoms with Crippen LogP contribution < -0.4 is 4.74 Å². The predicted octanol–water partition coefficient (Wildman–Crippen LogP) is 3.76. The molecule has 4 rings (SSSR count). The van der Waals surface area contributed by atoms with Crippen LogP contribution in [-0.4, -0.2) is 28.8 Å². The molecule has 0 aromatic heterocycles. The lowest BCUT2D eigenvalue weighted by atomic mass is 9.53. The van der Waals surface area contributed by atoms with Gasteiger partial charge in [0, 0.05) is 12.3 Å². The van der Waals surface area contributed by atoms with Crippen LogP contribution in [0.3, 0.4) is 0 Å². The van der Waals surface area contributed by atoms with Crippen LogP contribution in [0.1, 0.15) is 69.9 Å². The van der Waals surface area contributed by atoms with E-state index < -0.39 is 17.7 Å². The van der Waals surface area contributed by atoms with Gasteiger partial charge in [0.1, 0.15) is 11.9 Å². The maximum absolute atomic E-state index is 11.8. The minimum Gasteiger partial charge on any atom is -0.445 e. The third-order valence-corrected chi connectivity index (χ3v) is 7.93. The van der Waals surface area contributed by atoms with E-state index in [1.54, 1.807) is 0 Å². The molecule has 0 amide bonds. The van der Waals surface area contributed by atoms with Crippen molar-refractivity contribution in [3.63, 3.8) is 0 Å². The van der Waals surface area contributed by atoms with E-state index in [2.05, 4.69) is 18.9 Å². The monoisotopic (exact) mass is 410 g/mol. The number of fused-ring (bicyclic) bond motifs is 5. The van der Waals surface area contributed by atoms with Crippen molar-refractivity contribution < 1.29 is 24.2 Å². The number of carbonyl (C=O) groups excluding carboxylic acids is 2. The van der Waals surface area contributed by atoms with Gasteiger partial charge in [0.2, 0.25) is 0 Å². The van der Waals surface area contributed by atoms with E-state index in [4.69, 9.17) is 15.9 Å². The molecule has 0 spiro atoms. The van der Waals surface area contributed by atoms with Crippen molar-refractivity contribution in [2.45, 2.75) is 76.9 Å². The van der Waals surface area contributed by atoms with Crippen LogP contribution in [0, 0.1) is 29.6 Å². The van der Waals surface area contributed by atoms with Gasteiger partial charge >= 0.3 is 11.9 Å². The van der Waals surface area contributed by atoms with Crippen molar-refractivity contribution in [1.29, 1.82) is 0 Å². The van der Waals surface area contributed by atoms with Gasteiger partial charge in [-0.05, 0) is 86.5 Å². The molecule has 0 aliphatic heterocycles. The molecule has 30 heavy (non-hydrogen) atoms. The lowest BCUT2D eigenvalue weighted by molar-refractivity contribution is -0.165. The number of terminal acetylenes is 1. The average Bonchev–Trinajstić information content (AvgIpc) is 2.99. The van der Waals surface area contributed by atoms with Gasteiger partial charge in [0.25, 0.3) is 0 Å². The SMILES string of the molecule is C#C[C@]1(OC(C)=O)CC[C@H]2[C@@H]3CCc4cc(OC(=O)C(C)O)ccc4[C@H]3CC[C@@]21C. The number of esters is 2. The fourth-order valence-electron chi connectivity index (χ4n) is 6.50. The Hall–Kier alpha value is -2.32. The summed E-state index contributed by atoms with van der Waals surface area (Å²) in [6.07, 6.45) is 10.4. The van der Waals surface area contributed by atoms with Crippen molar-refractivity contribution in [1.82, 2.24) is 0 Å². The highest BCUT2D eigenvalue weighted by Crippen LogP contribution is 2.65. The maximum Gasteiger partial charge on any atom is 0.340 e. The van der Waals surface area contributed by atoms with Gasteiger partial charge in [0.15, 0.2) is 5.60 Å². The van der Waals surface area contributed by atoms with E-state index in [1.165, 1.54) is 25.0 Å². The molecule has 1 unspecified atom stereocenters. The first-order valence-corrected chi connectivity index (χ1v) is 10.9. The minimum atomic E-state index is -1.14. The summed E-state index contributed by atoms with van der Waals surface area (Å²) in [6.45, 7) is 5.07. The Morgan fingerprint density at radius 2 is 2.03 bits per heavy atom. The van der Waals surface area contributed by atoms with Crippen molar-refractivity contribution in [2.24, 2.45) is 17.3 Å². The van der Waals surface area contributed by atoms with Gasteiger partial charge in [-0.2, -0.15) is 0 Å². The molecule has 160 valence electrons. The number of ether oxygens (including phenoxy) is 2. The highest BCUT2D eigenvalue weighted by atomic mass is 16.6. The van der Waals surface area contributed by atoms with Crippen LogP contribution in [0.25, 0.3) is 0 Å². The zero-order valence-electron chi connectivity index (χ0n) is 17.9. The first-order valence-electron chi connectivity index (χ1n) is 10.9. The van der Waals surface area contributed by atoms with Crippen molar-refractivity contribution in [2.75, 3.05) is 0 Å². The van der Waals surface area contributed by atoms with E-state index in [9.17, 15) is 14.7 Å². The van der Waals surface area contributed by atoms with Crippen molar-refractivity contribution in [3.05, 3.63) is 29.3 Å². The van der Waals surface area contributed by atoms with Gasteiger partial charge in [-0.3, -0.25) is 4.79 Å². The first-order chi connectivity index (χ1) is 14.2. The zero-order chi connectivity index (χ0) is 21.7. The number of aryl methyl sites for hydroxylation is 1. The van der Waals surface area contributed by atoms with Crippen LogP contribution in [0.2, 0.25) is 0 Å². The van der Waals surface area contributed by atoms with Crippen LogP contribution in [-0.2, 0) is 20.7 Å². The predicted molar refractivity (Wildman–Crippen MR) is 112 cm³/mol. The van der Waals surface area contributed by atoms with Crippen LogP contribution in [0.15, 0.2) is 18.2 Å². The number of rotatable bonds is 3. The van der Waals surface area contributed by atoms with Crippen molar-refractivity contribution in [3.8, 4) is 18.1 Å². The third kappa shape index (κ3) is 3.13. The second-order valence-electron chi connectivity index (χ2n) is 9.43. The summed E-state index contributed by atoms with van der Waals surface area (Å²) in [5.74, 6) is 3.81. The molecular weight excluding hydrogens is 380 g/mol. The number of carbonyl (C=O) groups is 2. The van der Waals surface area contributed by atoms with Crippen molar-refractivity contribution >= 4 is 11.9 Å². The molecule has 0 bridgehead atoms. The highest BCUT2D eigenvalue weighted by molar-refractivity contribution is 5.76. The Morgan fingerprint density at radius 1 is 1.27 bits per heavy atom. The lowest BCUT2D eigenvalue weighted by Gasteiger charge is -2.52. The summed E-state index contributed by atoms with van der Waals surface area (Å²) in [7, 11) is 0. The smallest absolute Gasteiger partial charge is 0.340 e. The average molecular weight is 411 g/mol. The molecular formula is C25H30O5. The number of benzene rings is 1. The van der Waals surface area contributed by atoms with E-state index in [0.29, 0.717) is 23.5 Å². The molecule has 6 atom stereocenters. The molecule has 0 saturated heterocycles. The summed E-state index contributed by atoms with van der Waals surface area (Å²) in [5, 5.41) is 9.38. The number of aliphatic hydroxyl groups excluding tert-OH is 1. The summed E-state index contributed by atoms with van der Waals surface area (Å²) in [6, 6.07) is 5.85. The molecule has 1 aromatic rings. The van der Waals surface area contributed by atoms with E-state index >= 15 is 0 Å². The molecule has 0 heterocycles. The van der Waals surface area contributed by atoms with Gasteiger partial charge in [-0.1, -0.05) is 18.9 Å². The second kappa shape index (κ2) is 7.42. The second-order valence-corrected chi connectivity index (χ2v) is 9.43. The van der Waals surface area contributed by atoms with Gasteiger partial charge in [0.05, 0.1) is 0 Å².